The fourth-order valence-electron chi connectivity index (χ4n) is 5.35. The summed E-state index contributed by atoms with van der Waals surface area (Å²) < 4.78 is 7.98. The van der Waals surface area contributed by atoms with E-state index in [1.54, 1.807) is 0 Å². The Hall–Kier alpha value is -3.60. The summed E-state index contributed by atoms with van der Waals surface area (Å²) in [6, 6.07) is 22.7. The van der Waals surface area contributed by atoms with Gasteiger partial charge in [0.1, 0.15) is 22.9 Å². The Balaban J connectivity index is 1.26. The minimum atomic E-state index is -0.151. The molecule has 2 aromatic carbocycles. The summed E-state index contributed by atoms with van der Waals surface area (Å²) in [7, 11) is 0. The second-order valence-electron chi connectivity index (χ2n) is 10.0. The molecule has 6 rings (SSSR count). The summed E-state index contributed by atoms with van der Waals surface area (Å²) in [4.78, 5) is 17.8. The van der Waals surface area contributed by atoms with Gasteiger partial charge in [0.05, 0.1) is 5.92 Å². The Morgan fingerprint density at radius 2 is 1.83 bits per heavy atom. The Kier molecular flexibility index (Phi) is 5.77. The van der Waals surface area contributed by atoms with Gasteiger partial charge in [-0.15, -0.1) is 0 Å². The molecule has 2 fully saturated rings. The average Bonchev–Trinajstić information content (AvgIpc) is 3.62. The monoisotopic (exact) mass is 465 g/mol. The second-order valence-corrected chi connectivity index (χ2v) is 10.0. The maximum absolute atomic E-state index is 12.9. The van der Waals surface area contributed by atoms with Crippen molar-refractivity contribution in [3.05, 3.63) is 84.1 Å². The van der Waals surface area contributed by atoms with E-state index in [9.17, 15) is 4.79 Å². The van der Waals surface area contributed by atoms with Gasteiger partial charge >= 0.3 is 5.97 Å². The number of nitrogens with zero attached hydrogens (tertiary/aromatic N) is 2. The van der Waals surface area contributed by atoms with Gasteiger partial charge in [0.15, 0.2) is 0 Å². The first-order chi connectivity index (χ1) is 17.2. The lowest BCUT2D eigenvalue weighted by Gasteiger charge is -2.24. The van der Waals surface area contributed by atoms with E-state index < -0.39 is 0 Å². The molecule has 0 aliphatic heterocycles. The Morgan fingerprint density at radius 3 is 2.66 bits per heavy atom. The number of aryl methyl sites for hydroxylation is 1. The number of benzene rings is 2. The number of carbonyl (C=O) groups is 1. The van der Waals surface area contributed by atoms with E-state index in [1.165, 1.54) is 43.2 Å². The average molecular weight is 466 g/mol. The molecule has 0 radical (unpaired) electrons. The minimum absolute atomic E-state index is 0.0669. The number of aromatic nitrogens is 2. The van der Waals surface area contributed by atoms with E-state index >= 15 is 0 Å². The quantitative estimate of drug-likeness (QED) is 0.252. The molecule has 0 spiro atoms. The number of hydrogen-bond donors (Lipinski definition) is 1. The molecule has 0 amide bonds. The van der Waals surface area contributed by atoms with Gasteiger partial charge in [0.2, 0.25) is 0 Å². The second kappa shape index (κ2) is 9.21. The lowest BCUT2D eigenvalue weighted by atomic mass is 9.95. The first-order valence-electron chi connectivity index (χ1n) is 12.8. The van der Waals surface area contributed by atoms with Crippen LogP contribution in [0.25, 0.3) is 16.9 Å². The number of hydrogen-bond acceptors (Lipinski definition) is 4. The fraction of sp³-hybridized carbons (Fsp3) is 0.333. The van der Waals surface area contributed by atoms with Crippen molar-refractivity contribution in [1.29, 1.82) is 0 Å². The van der Waals surface area contributed by atoms with E-state index in [0.717, 1.165) is 29.1 Å². The Labute approximate surface area is 206 Å². The number of esters is 1. The van der Waals surface area contributed by atoms with Crippen LogP contribution in [0.1, 0.15) is 55.6 Å². The Bertz CT molecular complexity index is 1350. The molecule has 2 saturated carbocycles. The van der Waals surface area contributed by atoms with Gasteiger partial charge in [0.25, 0.3) is 0 Å². The minimum Gasteiger partial charge on any atom is -0.426 e. The number of rotatable bonds is 6. The number of pyridine rings is 1. The molecule has 4 aromatic rings. The number of ether oxygens (including phenoxy) is 1. The van der Waals surface area contributed by atoms with Gasteiger partial charge < -0.3 is 10.1 Å². The van der Waals surface area contributed by atoms with Crippen LogP contribution in [0.15, 0.2) is 72.9 Å². The van der Waals surface area contributed by atoms with Crippen LogP contribution >= 0.6 is 0 Å². The number of anilines is 1. The molecule has 5 heteroatoms. The van der Waals surface area contributed by atoms with Crippen molar-refractivity contribution in [1.82, 2.24) is 9.38 Å². The van der Waals surface area contributed by atoms with Crippen molar-refractivity contribution >= 4 is 17.4 Å². The fourth-order valence-corrected chi connectivity index (χ4v) is 5.35. The van der Waals surface area contributed by atoms with E-state index in [4.69, 9.17) is 9.72 Å². The normalized spacial score (nSPS) is 20.0. The summed E-state index contributed by atoms with van der Waals surface area (Å²) >= 11 is 0. The zero-order chi connectivity index (χ0) is 23.8. The molecular formula is C30H31N3O2. The van der Waals surface area contributed by atoms with Crippen molar-refractivity contribution in [3.63, 3.8) is 0 Å². The number of fused-ring (bicyclic) bond motifs is 1. The van der Waals surface area contributed by atoms with Gasteiger partial charge in [-0.1, -0.05) is 61.7 Å². The maximum Gasteiger partial charge on any atom is 0.314 e. The molecule has 2 atom stereocenters. The zero-order valence-electron chi connectivity index (χ0n) is 20.1. The highest BCUT2D eigenvalue weighted by Crippen LogP contribution is 2.48. The number of imidazole rings is 1. The van der Waals surface area contributed by atoms with Gasteiger partial charge in [-0.3, -0.25) is 9.20 Å². The van der Waals surface area contributed by atoms with E-state index in [2.05, 4.69) is 47.1 Å². The van der Waals surface area contributed by atoms with Crippen molar-refractivity contribution in [2.45, 2.75) is 57.4 Å². The third-order valence-corrected chi connectivity index (χ3v) is 7.37. The molecule has 35 heavy (non-hydrogen) atoms. The van der Waals surface area contributed by atoms with E-state index in [-0.39, 0.29) is 17.8 Å². The molecule has 0 saturated heterocycles. The van der Waals surface area contributed by atoms with Crippen molar-refractivity contribution < 1.29 is 9.53 Å². The van der Waals surface area contributed by atoms with Crippen LogP contribution in [0.4, 0.5) is 5.82 Å². The van der Waals surface area contributed by atoms with Gasteiger partial charge in [-0.25, -0.2) is 4.98 Å². The molecule has 2 aliphatic carbocycles. The van der Waals surface area contributed by atoms with Crippen LogP contribution in [-0.2, 0) is 4.79 Å². The first kappa shape index (κ1) is 21.9. The Morgan fingerprint density at radius 1 is 1.00 bits per heavy atom. The third-order valence-electron chi connectivity index (χ3n) is 7.37. The topological polar surface area (TPSA) is 55.6 Å². The largest absolute Gasteiger partial charge is 0.426 e. The van der Waals surface area contributed by atoms with E-state index in [0.29, 0.717) is 11.8 Å². The smallest absolute Gasteiger partial charge is 0.314 e. The highest BCUT2D eigenvalue weighted by atomic mass is 16.5. The summed E-state index contributed by atoms with van der Waals surface area (Å²) in [6.07, 6.45) is 9.15. The van der Waals surface area contributed by atoms with Crippen LogP contribution in [-0.4, -0.2) is 21.4 Å². The van der Waals surface area contributed by atoms with E-state index in [1.807, 2.05) is 42.5 Å². The summed E-state index contributed by atoms with van der Waals surface area (Å²) in [5.74, 6) is 1.63. The van der Waals surface area contributed by atoms with Crippen molar-refractivity contribution in [3.8, 4) is 17.0 Å². The van der Waals surface area contributed by atoms with Gasteiger partial charge in [0, 0.05) is 17.8 Å². The molecule has 1 N–H and O–H groups in total. The SMILES string of the molecule is Cc1ccn2c(NC3CCCCC3)c(-c3cccc(OC(=O)C4C[C@H]4c4ccccc4)c3)nc2c1. The summed E-state index contributed by atoms with van der Waals surface area (Å²) in [6.45, 7) is 2.09. The van der Waals surface area contributed by atoms with Crippen LogP contribution in [0.5, 0.6) is 5.75 Å². The third kappa shape index (κ3) is 4.55. The lowest BCUT2D eigenvalue weighted by molar-refractivity contribution is -0.135. The predicted octanol–water partition coefficient (Wildman–Crippen LogP) is 6.76. The zero-order valence-corrected chi connectivity index (χ0v) is 20.1. The van der Waals surface area contributed by atoms with Crippen LogP contribution in [0.3, 0.4) is 0 Å². The van der Waals surface area contributed by atoms with Crippen molar-refractivity contribution in [2.24, 2.45) is 5.92 Å². The molecule has 2 aromatic heterocycles. The number of nitrogens with one attached hydrogen (secondary N) is 1. The first-order valence-corrected chi connectivity index (χ1v) is 12.8. The molecule has 2 aliphatic rings. The standard InChI is InChI=1S/C30H31N3O2/c1-20-15-16-33-27(17-20)32-28(29(33)31-23-12-6-3-7-13-23)22-11-8-14-24(18-22)35-30(34)26-19-25(26)21-9-4-2-5-10-21/h2,4-5,8-11,14-18,23,25-26,31H,3,6-7,12-13,19H2,1H3/t25-,26?/m0/s1. The number of carbonyl (C=O) groups excluding carboxylic acids is 1. The lowest BCUT2D eigenvalue weighted by Crippen LogP contribution is -2.23. The molecule has 1 unspecified atom stereocenters. The van der Waals surface area contributed by atoms with Crippen molar-refractivity contribution in [2.75, 3.05) is 5.32 Å². The summed E-state index contributed by atoms with van der Waals surface area (Å²) in [5.41, 5.74) is 5.15. The van der Waals surface area contributed by atoms with Gasteiger partial charge in [-0.05, 0) is 67.5 Å². The molecule has 5 nitrogen and oxygen atoms in total. The molecule has 178 valence electrons. The maximum atomic E-state index is 12.9. The molecular weight excluding hydrogens is 434 g/mol. The molecule has 0 bridgehead atoms. The van der Waals surface area contributed by atoms with Crippen LogP contribution in [0.2, 0.25) is 0 Å². The van der Waals surface area contributed by atoms with Gasteiger partial charge in [-0.2, -0.15) is 0 Å². The highest BCUT2D eigenvalue weighted by molar-refractivity contribution is 5.81. The summed E-state index contributed by atoms with van der Waals surface area (Å²) in [5, 5.41) is 3.80. The predicted molar refractivity (Wildman–Crippen MR) is 139 cm³/mol. The van der Waals surface area contributed by atoms with Crippen LogP contribution in [0, 0.1) is 12.8 Å². The van der Waals surface area contributed by atoms with Crippen LogP contribution < -0.4 is 10.1 Å². The molecule has 2 heterocycles. The highest BCUT2D eigenvalue weighted by Gasteiger charge is 2.45.